The van der Waals surface area contributed by atoms with Crippen molar-refractivity contribution in [3.63, 3.8) is 0 Å². The summed E-state index contributed by atoms with van der Waals surface area (Å²) in [5, 5.41) is 0. The summed E-state index contributed by atoms with van der Waals surface area (Å²) in [5.41, 5.74) is 0. The number of hydrogen-bond acceptors (Lipinski definition) is 2. The summed E-state index contributed by atoms with van der Waals surface area (Å²) >= 11 is -2.78. The molecule has 0 amide bonds. The van der Waals surface area contributed by atoms with E-state index in [1.165, 1.54) is 0 Å². The third-order valence-corrected chi connectivity index (χ3v) is 6.11. The van der Waals surface area contributed by atoms with Gasteiger partial charge in [0.15, 0.2) is 0 Å². The summed E-state index contributed by atoms with van der Waals surface area (Å²) in [7, 11) is 3.20. The fourth-order valence-electron chi connectivity index (χ4n) is 1.49. The molecule has 0 spiro atoms. The van der Waals surface area contributed by atoms with E-state index >= 15 is 0 Å². The molecule has 4 heteroatoms. The van der Waals surface area contributed by atoms with E-state index in [0.717, 1.165) is 18.6 Å². The van der Waals surface area contributed by atoms with Crippen LogP contribution in [0.2, 0.25) is 0 Å². The number of hydrogen-bond donors (Lipinski definition) is 0. The fourth-order valence-corrected chi connectivity index (χ4v) is 4.19. The minimum absolute atomic E-state index is 0.748. The molecule has 0 saturated heterocycles. The molecule has 0 fully saturated rings. The van der Waals surface area contributed by atoms with Crippen molar-refractivity contribution in [2.75, 3.05) is 14.2 Å². The zero-order valence-electron chi connectivity index (χ0n) is 10.2. The van der Waals surface area contributed by atoms with Crippen LogP contribution < -0.4 is 9.47 Å². The van der Waals surface area contributed by atoms with Crippen LogP contribution in [0.3, 0.4) is 0 Å². The molecule has 0 bridgehead atoms. The fraction of sp³-hybridized carbons (Fsp3) is 0.143. The van der Waals surface area contributed by atoms with Gasteiger partial charge in [-0.15, -0.1) is 0 Å². The monoisotopic (exact) mass is 360 g/mol. The van der Waals surface area contributed by atoms with Crippen LogP contribution in [0.1, 0.15) is 0 Å². The minimum atomic E-state index is -2.78. The van der Waals surface area contributed by atoms with E-state index in [9.17, 15) is 2.86 Å². The zero-order valence-corrected chi connectivity index (χ0v) is 12.3. The molecule has 0 aliphatic rings. The predicted octanol–water partition coefficient (Wildman–Crippen LogP) is 4.13. The average Bonchev–Trinajstić information content (AvgIpc) is 2.47. The van der Waals surface area contributed by atoms with Gasteiger partial charge in [-0.3, -0.25) is 0 Å². The number of benzene rings is 2. The molecule has 0 aliphatic heterocycles. The summed E-state index contributed by atoms with van der Waals surface area (Å²) in [5.74, 6) is 1.50. The van der Waals surface area contributed by atoms with Crippen molar-refractivity contribution >= 4 is 20.4 Å². The normalized spacial score (nSPS) is 10.9. The Bertz CT molecular complexity index is 449. The summed E-state index contributed by atoms with van der Waals surface area (Å²) < 4.78 is 26.1. The number of methoxy groups -OCH3 is 2. The quantitative estimate of drug-likeness (QED) is 0.764. The van der Waals surface area contributed by atoms with Gasteiger partial charge in [0.25, 0.3) is 0 Å². The van der Waals surface area contributed by atoms with E-state index in [-0.39, 0.29) is 0 Å². The topological polar surface area (TPSA) is 18.5 Å². The molecular formula is C14H14FIO2. The predicted molar refractivity (Wildman–Crippen MR) is 78.5 cm³/mol. The standard InChI is InChI=1S/C14H14FIO2/c1-17-13-7-3-11(4-8-13)16(15)12-5-9-14(18-2)10-6-12/h3-10H,1-2H3. The molecule has 0 aromatic heterocycles. The molecule has 96 valence electrons. The van der Waals surface area contributed by atoms with E-state index in [0.29, 0.717) is 0 Å². The van der Waals surface area contributed by atoms with Crippen LogP contribution in [0.5, 0.6) is 11.5 Å². The van der Waals surface area contributed by atoms with Crippen LogP contribution >= 0.6 is 20.4 Å². The molecule has 18 heavy (non-hydrogen) atoms. The SMILES string of the molecule is COc1ccc(I(F)c2ccc(OC)cc2)cc1. The second kappa shape index (κ2) is 6.04. The summed E-state index contributed by atoms with van der Waals surface area (Å²) in [6.45, 7) is 0. The van der Waals surface area contributed by atoms with Crippen molar-refractivity contribution in [1.29, 1.82) is 0 Å². The van der Waals surface area contributed by atoms with Crippen LogP contribution in [0.25, 0.3) is 0 Å². The van der Waals surface area contributed by atoms with E-state index in [4.69, 9.17) is 9.47 Å². The summed E-state index contributed by atoms with van der Waals surface area (Å²) in [6, 6.07) is 14.4. The van der Waals surface area contributed by atoms with Crippen LogP contribution in [0.4, 0.5) is 2.86 Å². The molecule has 2 aromatic carbocycles. The third kappa shape index (κ3) is 2.93. The van der Waals surface area contributed by atoms with Crippen molar-refractivity contribution in [1.82, 2.24) is 0 Å². The van der Waals surface area contributed by atoms with Gasteiger partial charge in [-0.1, -0.05) is 0 Å². The van der Waals surface area contributed by atoms with Crippen molar-refractivity contribution in [2.45, 2.75) is 0 Å². The molecule has 0 N–H and O–H groups in total. The van der Waals surface area contributed by atoms with Gasteiger partial charge in [-0.2, -0.15) is 0 Å². The Labute approximate surface area is 114 Å². The van der Waals surface area contributed by atoms with Crippen LogP contribution in [-0.2, 0) is 0 Å². The number of halogens is 2. The Hall–Kier alpha value is -1.30. The van der Waals surface area contributed by atoms with Gasteiger partial charge in [-0.25, -0.2) is 0 Å². The average molecular weight is 360 g/mol. The molecule has 0 radical (unpaired) electrons. The second-order valence-corrected chi connectivity index (χ2v) is 7.40. The Balaban J connectivity index is 2.20. The van der Waals surface area contributed by atoms with Crippen molar-refractivity contribution < 1.29 is 12.3 Å². The van der Waals surface area contributed by atoms with Crippen molar-refractivity contribution in [3.05, 3.63) is 55.7 Å². The first kappa shape index (κ1) is 13.1. The van der Waals surface area contributed by atoms with E-state index < -0.39 is 20.4 Å². The van der Waals surface area contributed by atoms with Crippen LogP contribution in [0.15, 0.2) is 48.5 Å². The van der Waals surface area contributed by atoms with Gasteiger partial charge < -0.3 is 0 Å². The summed E-state index contributed by atoms with van der Waals surface area (Å²) in [6.07, 6.45) is 0. The maximum absolute atomic E-state index is 14.4. The van der Waals surface area contributed by atoms with E-state index in [1.807, 2.05) is 0 Å². The molecule has 2 rings (SSSR count). The molecular weight excluding hydrogens is 346 g/mol. The first-order chi connectivity index (χ1) is 8.74. The first-order valence-electron chi connectivity index (χ1n) is 5.39. The van der Waals surface area contributed by atoms with Gasteiger partial charge >= 0.3 is 114 Å². The Morgan fingerprint density at radius 2 is 1.06 bits per heavy atom. The summed E-state index contributed by atoms with van der Waals surface area (Å²) in [4.78, 5) is 0. The van der Waals surface area contributed by atoms with Gasteiger partial charge in [0.2, 0.25) is 0 Å². The molecule has 0 atom stereocenters. The zero-order chi connectivity index (χ0) is 13.0. The number of rotatable bonds is 4. The van der Waals surface area contributed by atoms with Gasteiger partial charge in [0.1, 0.15) is 0 Å². The van der Waals surface area contributed by atoms with Gasteiger partial charge in [0, 0.05) is 0 Å². The molecule has 0 unspecified atom stereocenters. The molecule has 0 aliphatic carbocycles. The molecule has 0 saturated carbocycles. The Kier molecular flexibility index (Phi) is 4.41. The molecule has 0 heterocycles. The van der Waals surface area contributed by atoms with Crippen LogP contribution in [-0.4, -0.2) is 14.2 Å². The number of ether oxygens (including phenoxy) is 2. The maximum atomic E-state index is 14.4. The Morgan fingerprint density at radius 3 is 1.33 bits per heavy atom. The Morgan fingerprint density at radius 1 is 0.722 bits per heavy atom. The second-order valence-electron chi connectivity index (χ2n) is 3.55. The van der Waals surface area contributed by atoms with Crippen molar-refractivity contribution in [3.8, 4) is 11.5 Å². The molecule has 2 nitrogen and oxygen atoms in total. The molecule has 2 aromatic rings. The van der Waals surface area contributed by atoms with Crippen molar-refractivity contribution in [2.24, 2.45) is 0 Å². The first-order valence-corrected chi connectivity index (χ1v) is 8.36. The van der Waals surface area contributed by atoms with Crippen LogP contribution in [0, 0.1) is 7.14 Å². The van der Waals surface area contributed by atoms with Gasteiger partial charge in [-0.05, 0) is 0 Å². The van der Waals surface area contributed by atoms with Gasteiger partial charge in [0.05, 0.1) is 0 Å². The third-order valence-electron chi connectivity index (χ3n) is 2.48. The van der Waals surface area contributed by atoms with E-state index in [2.05, 4.69) is 0 Å². The van der Waals surface area contributed by atoms with E-state index in [1.54, 1.807) is 62.8 Å².